The van der Waals surface area contributed by atoms with Crippen molar-refractivity contribution >= 4 is 32.5 Å². The summed E-state index contributed by atoms with van der Waals surface area (Å²) in [5.41, 5.74) is 1.29. The first-order valence-electron chi connectivity index (χ1n) is 8.76. The molecule has 1 aromatic heterocycles. The van der Waals surface area contributed by atoms with E-state index in [0.29, 0.717) is 23.3 Å². The van der Waals surface area contributed by atoms with Crippen molar-refractivity contribution in [1.82, 2.24) is 10.3 Å². The molecule has 2 aromatic carbocycles. The van der Waals surface area contributed by atoms with E-state index in [9.17, 15) is 13.2 Å². The second-order valence-electron chi connectivity index (χ2n) is 6.12. The van der Waals surface area contributed by atoms with Crippen LogP contribution in [0.25, 0.3) is 10.9 Å². The number of hydrogen-bond donors (Lipinski definition) is 2. The van der Waals surface area contributed by atoms with Crippen LogP contribution in [0.1, 0.15) is 30.1 Å². The number of nitrogens with one attached hydrogen (secondary N) is 2. The van der Waals surface area contributed by atoms with Gasteiger partial charge in [0.15, 0.2) is 0 Å². The number of unbranched alkanes of at least 4 members (excludes halogenated alkanes) is 1. The Morgan fingerprint density at radius 1 is 1.04 bits per heavy atom. The van der Waals surface area contributed by atoms with Crippen LogP contribution in [-0.2, 0) is 10.0 Å². The van der Waals surface area contributed by atoms with Gasteiger partial charge in [-0.2, -0.15) is 0 Å². The Morgan fingerprint density at radius 3 is 2.52 bits per heavy atom. The molecule has 0 saturated carbocycles. The van der Waals surface area contributed by atoms with Crippen LogP contribution in [0.15, 0.2) is 65.7 Å². The monoisotopic (exact) mass is 383 g/mol. The number of amides is 1. The van der Waals surface area contributed by atoms with Crippen LogP contribution < -0.4 is 10.0 Å². The number of pyridine rings is 1. The molecule has 27 heavy (non-hydrogen) atoms. The molecule has 0 aliphatic rings. The largest absolute Gasteiger partial charge is 0.352 e. The molecule has 7 heteroatoms. The number of aromatic nitrogens is 1. The fourth-order valence-corrected chi connectivity index (χ4v) is 3.91. The van der Waals surface area contributed by atoms with Crippen LogP contribution in [0.3, 0.4) is 0 Å². The smallest absolute Gasteiger partial charge is 0.264 e. The summed E-state index contributed by atoms with van der Waals surface area (Å²) in [4.78, 5) is 16.3. The van der Waals surface area contributed by atoms with Gasteiger partial charge in [0.25, 0.3) is 15.9 Å². The Bertz CT molecular complexity index is 1040. The van der Waals surface area contributed by atoms with Gasteiger partial charge in [-0.25, -0.2) is 8.42 Å². The number of rotatable bonds is 7. The van der Waals surface area contributed by atoms with Crippen molar-refractivity contribution in [2.75, 3.05) is 11.3 Å². The lowest BCUT2D eigenvalue weighted by Gasteiger charge is -2.10. The van der Waals surface area contributed by atoms with Crippen molar-refractivity contribution in [3.05, 3.63) is 66.4 Å². The maximum atomic E-state index is 12.8. The summed E-state index contributed by atoms with van der Waals surface area (Å²) < 4.78 is 28.1. The van der Waals surface area contributed by atoms with Gasteiger partial charge in [0.1, 0.15) is 4.90 Å². The topological polar surface area (TPSA) is 88.2 Å². The fourth-order valence-electron chi connectivity index (χ4n) is 2.67. The van der Waals surface area contributed by atoms with E-state index < -0.39 is 10.0 Å². The predicted molar refractivity (Wildman–Crippen MR) is 106 cm³/mol. The number of nitrogens with zero attached hydrogens (tertiary/aromatic N) is 1. The van der Waals surface area contributed by atoms with Crippen molar-refractivity contribution in [2.24, 2.45) is 0 Å². The first-order chi connectivity index (χ1) is 13.0. The Hall–Kier alpha value is -2.93. The Labute approximate surface area is 158 Å². The molecule has 0 atom stereocenters. The van der Waals surface area contributed by atoms with Gasteiger partial charge >= 0.3 is 0 Å². The lowest BCUT2D eigenvalue weighted by atomic mass is 10.2. The van der Waals surface area contributed by atoms with Gasteiger partial charge in [0, 0.05) is 29.4 Å². The van der Waals surface area contributed by atoms with Gasteiger partial charge in [-0.1, -0.05) is 31.5 Å². The van der Waals surface area contributed by atoms with E-state index in [0.717, 1.165) is 18.2 Å². The van der Waals surface area contributed by atoms with Crippen LogP contribution in [-0.4, -0.2) is 25.9 Å². The number of carbonyl (C=O) groups is 1. The van der Waals surface area contributed by atoms with E-state index in [1.165, 1.54) is 6.07 Å². The number of anilines is 1. The summed E-state index contributed by atoms with van der Waals surface area (Å²) >= 11 is 0. The van der Waals surface area contributed by atoms with E-state index >= 15 is 0 Å². The summed E-state index contributed by atoms with van der Waals surface area (Å²) in [5.74, 6) is -0.170. The molecular formula is C20H21N3O3S. The molecular weight excluding hydrogens is 362 g/mol. The average molecular weight is 383 g/mol. The lowest BCUT2D eigenvalue weighted by Crippen LogP contribution is -2.24. The number of carbonyl (C=O) groups excluding carboxylic acids is 1. The Kier molecular flexibility index (Phi) is 5.71. The minimum absolute atomic E-state index is 0.113. The van der Waals surface area contributed by atoms with Crippen LogP contribution in [0.4, 0.5) is 5.69 Å². The summed E-state index contributed by atoms with van der Waals surface area (Å²) in [5, 5.41) is 3.58. The highest BCUT2D eigenvalue weighted by Gasteiger charge is 2.18. The van der Waals surface area contributed by atoms with Gasteiger partial charge < -0.3 is 5.32 Å². The first kappa shape index (κ1) is 18.8. The molecule has 2 N–H and O–H groups in total. The molecule has 6 nitrogen and oxygen atoms in total. The normalized spacial score (nSPS) is 11.3. The molecule has 0 aliphatic heterocycles. The van der Waals surface area contributed by atoms with Crippen molar-refractivity contribution in [1.29, 1.82) is 0 Å². The van der Waals surface area contributed by atoms with E-state index in [1.807, 2.05) is 12.1 Å². The number of para-hydroxylation sites is 1. The van der Waals surface area contributed by atoms with Gasteiger partial charge in [-0.15, -0.1) is 0 Å². The van der Waals surface area contributed by atoms with Crippen LogP contribution >= 0.6 is 0 Å². The summed E-state index contributed by atoms with van der Waals surface area (Å²) in [7, 11) is -3.80. The molecule has 1 amide bonds. The average Bonchev–Trinajstić information content (AvgIpc) is 2.68. The Morgan fingerprint density at radius 2 is 1.78 bits per heavy atom. The van der Waals surface area contributed by atoms with Gasteiger partial charge in [-0.05, 0) is 42.8 Å². The zero-order valence-corrected chi connectivity index (χ0v) is 15.8. The van der Waals surface area contributed by atoms with Gasteiger partial charge in [-0.3, -0.25) is 14.5 Å². The van der Waals surface area contributed by atoms with Gasteiger partial charge in [0.2, 0.25) is 0 Å². The van der Waals surface area contributed by atoms with Crippen LogP contribution in [0, 0.1) is 0 Å². The minimum Gasteiger partial charge on any atom is -0.352 e. The zero-order chi connectivity index (χ0) is 19.3. The third-order valence-electron chi connectivity index (χ3n) is 4.10. The highest BCUT2D eigenvalue weighted by molar-refractivity contribution is 7.93. The quantitative estimate of drug-likeness (QED) is 0.611. The molecule has 0 unspecified atom stereocenters. The van der Waals surface area contributed by atoms with Crippen LogP contribution in [0.2, 0.25) is 0 Å². The number of benzene rings is 2. The minimum atomic E-state index is -3.80. The predicted octanol–water partition coefficient (Wildman–Crippen LogP) is 3.57. The molecule has 0 aliphatic carbocycles. The van der Waals surface area contributed by atoms with Gasteiger partial charge in [0.05, 0.1) is 5.52 Å². The summed E-state index contributed by atoms with van der Waals surface area (Å²) in [6.07, 6.45) is 3.49. The molecule has 0 radical (unpaired) electrons. The maximum absolute atomic E-state index is 12.8. The first-order valence-corrected chi connectivity index (χ1v) is 10.2. The summed E-state index contributed by atoms with van der Waals surface area (Å²) in [6.45, 7) is 2.68. The van der Waals surface area contributed by atoms with Crippen molar-refractivity contribution in [3.8, 4) is 0 Å². The lowest BCUT2D eigenvalue weighted by molar-refractivity contribution is 0.0953. The molecule has 0 spiro atoms. The highest BCUT2D eigenvalue weighted by atomic mass is 32.2. The molecule has 0 fully saturated rings. The maximum Gasteiger partial charge on any atom is 0.264 e. The van der Waals surface area contributed by atoms with E-state index in [1.54, 1.807) is 42.6 Å². The molecule has 140 valence electrons. The molecule has 0 saturated heterocycles. The second-order valence-corrected chi connectivity index (χ2v) is 7.77. The van der Waals surface area contributed by atoms with E-state index in [4.69, 9.17) is 0 Å². The second kappa shape index (κ2) is 8.18. The van der Waals surface area contributed by atoms with Crippen molar-refractivity contribution in [2.45, 2.75) is 24.7 Å². The third-order valence-corrected chi connectivity index (χ3v) is 5.51. The third kappa shape index (κ3) is 4.43. The number of sulfonamides is 1. The SMILES string of the molecule is CCCCNC(=O)c1ccc(NS(=O)(=O)c2cccc3cccnc23)cc1. The standard InChI is InChI=1S/C20H21N3O3S/c1-2-3-13-22-20(24)16-9-11-17(12-10-16)23-27(25,26)18-8-4-6-15-7-5-14-21-19(15)18/h4-12,14,23H,2-3,13H2,1H3,(H,22,24). The summed E-state index contributed by atoms with van der Waals surface area (Å²) in [6, 6.07) is 14.9. The number of fused-ring (bicyclic) bond motifs is 1. The zero-order valence-electron chi connectivity index (χ0n) is 15.0. The van der Waals surface area contributed by atoms with E-state index in [-0.39, 0.29) is 10.8 Å². The van der Waals surface area contributed by atoms with Crippen LogP contribution in [0.5, 0.6) is 0 Å². The van der Waals surface area contributed by atoms with Crippen molar-refractivity contribution < 1.29 is 13.2 Å². The van der Waals surface area contributed by atoms with E-state index in [2.05, 4.69) is 21.9 Å². The number of hydrogen-bond acceptors (Lipinski definition) is 4. The molecule has 1 heterocycles. The molecule has 3 aromatic rings. The Balaban J connectivity index is 1.79. The molecule has 3 rings (SSSR count). The van der Waals surface area contributed by atoms with Crippen molar-refractivity contribution in [3.63, 3.8) is 0 Å². The molecule has 0 bridgehead atoms. The fraction of sp³-hybridized carbons (Fsp3) is 0.200. The highest BCUT2D eigenvalue weighted by Crippen LogP contribution is 2.23.